The number of hydrogen-bond donors (Lipinski definition) is 2. The Hall–Kier alpha value is -2.35. The van der Waals surface area contributed by atoms with Gasteiger partial charge in [-0.15, -0.1) is 0 Å². The smallest absolute Gasteiger partial charge is 0.239 e. The van der Waals surface area contributed by atoms with E-state index in [-0.39, 0.29) is 24.4 Å². The fourth-order valence-corrected chi connectivity index (χ4v) is 1.65. The Morgan fingerprint density at radius 2 is 1.81 bits per heavy atom. The molecule has 0 aliphatic rings. The topological polar surface area (TPSA) is 82.0 Å². The minimum atomic E-state index is -0.515. The van der Waals surface area contributed by atoms with Gasteiger partial charge in [0, 0.05) is 5.41 Å². The molecule has 0 bridgehead atoms. The Balaban J connectivity index is 2.50. The van der Waals surface area contributed by atoms with Crippen molar-refractivity contribution in [2.45, 2.75) is 33.7 Å². The van der Waals surface area contributed by atoms with E-state index in [0.29, 0.717) is 5.56 Å². The van der Waals surface area contributed by atoms with E-state index in [1.165, 1.54) is 0 Å². The molecule has 1 aromatic rings. The van der Waals surface area contributed by atoms with Gasteiger partial charge < -0.3 is 10.6 Å². The summed E-state index contributed by atoms with van der Waals surface area (Å²) in [6, 6.07) is 8.88. The van der Waals surface area contributed by atoms with Gasteiger partial charge in [-0.05, 0) is 24.6 Å². The van der Waals surface area contributed by atoms with Crippen LogP contribution in [0.15, 0.2) is 24.3 Å². The van der Waals surface area contributed by atoms with Crippen LogP contribution in [0.5, 0.6) is 0 Å². The van der Waals surface area contributed by atoms with Crippen molar-refractivity contribution in [2.24, 2.45) is 5.41 Å². The molecule has 21 heavy (non-hydrogen) atoms. The molecule has 0 fully saturated rings. The second-order valence-electron chi connectivity index (χ2n) is 5.96. The SMILES string of the molecule is CC(NC(=O)CNC(=O)C(C)(C)C)c1ccc(C#N)cc1. The van der Waals surface area contributed by atoms with E-state index in [1.807, 2.05) is 13.0 Å². The van der Waals surface area contributed by atoms with Gasteiger partial charge in [-0.3, -0.25) is 9.59 Å². The molecule has 1 unspecified atom stereocenters. The van der Waals surface area contributed by atoms with E-state index in [4.69, 9.17) is 5.26 Å². The molecule has 2 amide bonds. The number of nitriles is 1. The summed E-state index contributed by atoms with van der Waals surface area (Å²) >= 11 is 0. The Morgan fingerprint density at radius 3 is 2.29 bits per heavy atom. The summed E-state index contributed by atoms with van der Waals surface area (Å²) in [5, 5.41) is 14.1. The summed E-state index contributed by atoms with van der Waals surface area (Å²) in [6.07, 6.45) is 0. The normalized spacial score (nSPS) is 12.1. The Kier molecular flexibility index (Phi) is 5.48. The molecule has 1 atom stereocenters. The van der Waals surface area contributed by atoms with E-state index >= 15 is 0 Å². The van der Waals surface area contributed by atoms with Crippen LogP contribution in [0, 0.1) is 16.7 Å². The minimum absolute atomic E-state index is 0.0449. The van der Waals surface area contributed by atoms with Crippen LogP contribution in [0.1, 0.15) is 44.9 Å². The van der Waals surface area contributed by atoms with Crippen molar-refractivity contribution in [1.82, 2.24) is 10.6 Å². The number of rotatable bonds is 4. The van der Waals surface area contributed by atoms with E-state index in [0.717, 1.165) is 5.56 Å². The number of carbonyl (C=O) groups excluding carboxylic acids is 2. The van der Waals surface area contributed by atoms with E-state index < -0.39 is 5.41 Å². The standard InChI is InChI=1S/C16H21N3O2/c1-11(13-7-5-12(9-17)6-8-13)19-14(20)10-18-15(21)16(2,3)4/h5-8,11H,10H2,1-4H3,(H,18,21)(H,19,20). The molecule has 0 aliphatic heterocycles. The highest BCUT2D eigenvalue weighted by Crippen LogP contribution is 2.13. The molecule has 1 aromatic carbocycles. The summed E-state index contributed by atoms with van der Waals surface area (Å²) in [6.45, 7) is 7.18. The first-order valence-electron chi connectivity index (χ1n) is 6.82. The van der Waals surface area contributed by atoms with E-state index in [2.05, 4.69) is 10.6 Å². The average Bonchev–Trinajstić information content (AvgIpc) is 2.43. The first kappa shape index (κ1) is 16.7. The van der Waals surface area contributed by atoms with Gasteiger partial charge in [0.25, 0.3) is 0 Å². The molecule has 0 aliphatic carbocycles. The van der Waals surface area contributed by atoms with Crippen LogP contribution < -0.4 is 10.6 Å². The van der Waals surface area contributed by atoms with Crippen molar-refractivity contribution in [1.29, 1.82) is 5.26 Å². The summed E-state index contributed by atoms with van der Waals surface area (Å²) in [5.74, 6) is -0.409. The van der Waals surface area contributed by atoms with Gasteiger partial charge in [0.2, 0.25) is 11.8 Å². The lowest BCUT2D eigenvalue weighted by Gasteiger charge is -2.19. The fraction of sp³-hybridized carbons (Fsp3) is 0.438. The van der Waals surface area contributed by atoms with Gasteiger partial charge in [0.15, 0.2) is 0 Å². The van der Waals surface area contributed by atoms with Gasteiger partial charge >= 0.3 is 0 Å². The zero-order valence-corrected chi connectivity index (χ0v) is 12.9. The van der Waals surface area contributed by atoms with Gasteiger partial charge in [-0.2, -0.15) is 5.26 Å². The summed E-state index contributed by atoms with van der Waals surface area (Å²) in [7, 11) is 0. The third-order valence-electron chi connectivity index (χ3n) is 3.01. The molecule has 0 aromatic heterocycles. The summed E-state index contributed by atoms with van der Waals surface area (Å²) in [4.78, 5) is 23.5. The first-order chi connectivity index (χ1) is 9.74. The Labute approximate surface area is 125 Å². The number of hydrogen-bond acceptors (Lipinski definition) is 3. The van der Waals surface area contributed by atoms with Crippen molar-refractivity contribution in [2.75, 3.05) is 6.54 Å². The molecular weight excluding hydrogens is 266 g/mol. The van der Waals surface area contributed by atoms with Gasteiger partial charge in [-0.1, -0.05) is 32.9 Å². The lowest BCUT2D eigenvalue weighted by molar-refractivity contribution is -0.131. The molecular formula is C16H21N3O2. The van der Waals surface area contributed by atoms with Crippen LogP contribution in [0.2, 0.25) is 0 Å². The largest absolute Gasteiger partial charge is 0.348 e. The number of benzene rings is 1. The molecule has 0 saturated heterocycles. The molecule has 5 nitrogen and oxygen atoms in total. The highest BCUT2D eigenvalue weighted by molar-refractivity contribution is 5.87. The van der Waals surface area contributed by atoms with Crippen LogP contribution >= 0.6 is 0 Å². The van der Waals surface area contributed by atoms with Crippen molar-refractivity contribution >= 4 is 11.8 Å². The van der Waals surface area contributed by atoms with E-state index in [1.54, 1.807) is 45.0 Å². The van der Waals surface area contributed by atoms with Crippen LogP contribution in [0.25, 0.3) is 0 Å². The minimum Gasteiger partial charge on any atom is -0.348 e. The predicted molar refractivity (Wildman–Crippen MR) is 80.2 cm³/mol. The highest BCUT2D eigenvalue weighted by atomic mass is 16.2. The number of nitrogens with one attached hydrogen (secondary N) is 2. The summed E-state index contributed by atoms with van der Waals surface area (Å²) in [5.41, 5.74) is 0.971. The van der Waals surface area contributed by atoms with Crippen LogP contribution in [0.4, 0.5) is 0 Å². The van der Waals surface area contributed by atoms with Crippen molar-refractivity contribution in [3.05, 3.63) is 35.4 Å². The van der Waals surface area contributed by atoms with E-state index in [9.17, 15) is 9.59 Å². The average molecular weight is 287 g/mol. The molecule has 0 heterocycles. The summed E-state index contributed by atoms with van der Waals surface area (Å²) < 4.78 is 0. The van der Waals surface area contributed by atoms with Crippen molar-refractivity contribution in [3.8, 4) is 6.07 Å². The molecule has 0 radical (unpaired) electrons. The second-order valence-corrected chi connectivity index (χ2v) is 5.96. The maximum atomic E-state index is 11.8. The fourth-order valence-electron chi connectivity index (χ4n) is 1.65. The maximum absolute atomic E-state index is 11.8. The molecule has 0 saturated carbocycles. The number of nitrogens with zero attached hydrogens (tertiary/aromatic N) is 1. The number of carbonyl (C=O) groups is 2. The van der Waals surface area contributed by atoms with Crippen LogP contribution in [-0.2, 0) is 9.59 Å². The lowest BCUT2D eigenvalue weighted by atomic mass is 9.96. The van der Waals surface area contributed by atoms with Crippen LogP contribution in [0.3, 0.4) is 0 Å². The third-order valence-corrected chi connectivity index (χ3v) is 3.01. The third kappa shape index (κ3) is 5.27. The molecule has 5 heteroatoms. The van der Waals surface area contributed by atoms with Crippen molar-refractivity contribution < 1.29 is 9.59 Å². The first-order valence-corrected chi connectivity index (χ1v) is 6.82. The predicted octanol–water partition coefficient (Wildman–Crippen LogP) is 1.90. The molecule has 0 spiro atoms. The lowest BCUT2D eigenvalue weighted by Crippen LogP contribution is -2.42. The Morgan fingerprint density at radius 1 is 1.24 bits per heavy atom. The quantitative estimate of drug-likeness (QED) is 0.887. The van der Waals surface area contributed by atoms with Gasteiger partial charge in [0.05, 0.1) is 24.2 Å². The molecule has 2 N–H and O–H groups in total. The zero-order valence-electron chi connectivity index (χ0n) is 12.9. The maximum Gasteiger partial charge on any atom is 0.239 e. The second kappa shape index (κ2) is 6.89. The van der Waals surface area contributed by atoms with Gasteiger partial charge in [0.1, 0.15) is 0 Å². The van der Waals surface area contributed by atoms with Crippen molar-refractivity contribution in [3.63, 3.8) is 0 Å². The number of amides is 2. The monoisotopic (exact) mass is 287 g/mol. The van der Waals surface area contributed by atoms with Gasteiger partial charge in [-0.25, -0.2) is 0 Å². The molecule has 112 valence electrons. The molecule has 1 rings (SSSR count). The Bertz CT molecular complexity index is 550. The zero-order chi connectivity index (χ0) is 16.0. The van der Waals surface area contributed by atoms with Crippen LogP contribution in [-0.4, -0.2) is 18.4 Å². The highest BCUT2D eigenvalue weighted by Gasteiger charge is 2.21.